The van der Waals surface area contributed by atoms with Crippen LogP contribution in [-0.2, 0) is 11.3 Å². The van der Waals surface area contributed by atoms with Gasteiger partial charge in [0, 0.05) is 6.20 Å². The summed E-state index contributed by atoms with van der Waals surface area (Å²) in [7, 11) is 0. The summed E-state index contributed by atoms with van der Waals surface area (Å²) < 4.78 is 10.4. The second kappa shape index (κ2) is 8.06. The lowest BCUT2D eigenvalue weighted by molar-refractivity contribution is -0.402. The van der Waals surface area contributed by atoms with Crippen LogP contribution in [0.2, 0.25) is 0 Å². The highest BCUT2D eigenvalue weighted by atomic mass is 16.6. The standard InChI is InChI=1S/C22H20N4O6/c1-4-19-17-9-14(27)5-7-16(17)18(22(28)23-21-12(2)24-32-13(21)3)11-25(19)10-15-6-8-20(31-15)26(29)30/h4-9,11,19,27H,1,10H2,2-3H3,(H,23,28). The lowest BCUT2D eigenvalue weighted by atomic mass is 9.90. The SMILES string of the molecule is C=CC1c2cc(O)ccc2C(C(=O)Nc2c(C)noc2C)=CN1Cc1ccc([N+](=O)[O-])o1. The molecule has 4 rings (SSSR count). The van der Waals surface area contributed by atoms with Crippen LogP contribution in [0.4, 0.5) is 11.6 Å². The van der Waals surface area contributed by atoms with Crippen LogP contribution in [-0.4, -0.2) is 26.0 Å². The maximum atomic E-state index is 13.2. The maximum absolute atomic E-state index is 13.2. The first-order valence-corrected chi connectivity index (χ1v) is 9.69. The molecular weight excluding hydrogens is 416 g/mol. The molecule has 3 heterocycles. The first-order valence-electron chi connectivity index (χ1n) is 9.69. The van der Waals surface area contributed by atoms with E-state index in [1.54, 1.807) is 43.2 Å². The summed E-state index contributed by atoms with van der Waals surface area (Å²) in [5.74, 6) is 0.0854. The quantitative estimate of drug-likeness (QED) is 0.333. The van der Waals surface area contributed by atoms with Crippen LogP contribution in [0.5, 0.6) is 5.75 Å². The summed E-state index contributed by atoms with van der Waals surface area (Å²) in [6, 6.07) is 7.10. The zero-order valence-electron chi connectivity index (χ0n) is 17.4. The average Bonchev–Trinajstić information content (AvgIpc) is 3.35. The molecule has 0 fully saturated rings. The predicted octanol–water partition coefficient (Wildman–Crippen LogP) is 4.22. The molecule has 2 aromatic heterocycles. The number of phenols is 1. The van der Waals surface area contributed by atoms with Gasteiger partial charge in [-0.2, -0.15) is 0 Å². The third-order valence-electron chi connectivity index (χ3n) is 5.20. The molecule has 1 aliphatic rings. The number of nitro groups is 1. The number of nitrogens with zero attached hydrogens (tertiary/aromatic N) is 3. The highest BCUT2D eigenvalue weighted by Gasteiger charge is 2.30. The number of phenolic OH excluding ortho intramolecular Hbond substituents is 1. The minimum atomic E-state index is -0.615. The number of carbonyl (C=O) groups is 1. The molecule has 10 heteroatoms. The van der Waals surface area contributed by atoms with Crippen molar-refractivity contribution in [3.8, 4) is 5.75 Å². The van der Waals surface area contributed by atoms with Crippen molar-refractivity contribution in [1.29, 1.82) is 0 Å². The maximum Gasteiger partial charge on any atom is 0.433 e. The number of hydrogen-bond acceptors (Lipinski definition) is 8. The number of aromatic hydroxyl groups is 1. The van der Waals surface area contributed by atoms with Crippen molar-refractivity contribution in [1.82, 2.24) is 10.1 Å². The van der Waals surface area contributed by atoms with E-state index in [1.807, 2.05) is 0 Å². The number of aryl methyl sites for hydroxylation is 2. The number of aromatic nitrogens is 1. The predicted molar refractivity (Wildman–Crippen MR) is 115 cm³/mol. The average molecular weight is 436 g/mol. The lowest BCUT2D eigenvalue weighted by Gasteiger charge is -2.34. The summed E-state index contributed by atoms with van der Waals surface area (Å²) in [5.41, 5.74) is 2.64. The van der Waals surface area contributed by atoms with Crippen LogP contribution in [0, 0.1) is 24.0 Å². The van der Waals surface area contributed by atoms with Gasteiger partial charge in [0.25, 0.3) is 5.91 Å². The molecule has 0 radical (unpaired) electrons. The summed E-state index contributed by atoms with van der Waals surface area (Å²) in [6.45, 7) is 7.43. The van der Waals surface area contributed by atoms with E-state index in [1.165, 1.54) is 18.2 Å². The topological polar surface area (TPSA) is 135 Å². The van der Waals surface area contributed by atoms with E-state index in [2.05, 4.69) is 17.1 Å². The van der Waals surface area contributed by atoms with Gasteiger partial charge in [0.05, 0.1) is 24.2 Å². The van der Waals surface area contributed by atoms with Crippen molar-refractivity contribution in [2.75, 3.05) is 5.32 Å². The zero-order chi connectivity index (χ0) is 23.0. The molecule has 0 bridgehead atoms. The molecule has 10 nitrogen and oxygen atoms in total. The van der Waals surface area contributed by atoms with Gasteiger partial charge in [-0.05, 0) is 43.2 Å². The molecular formula is C22H20N4O6. The van der Waals surface area contributed by atoms with Crippen LogP contribution in [0.15, 0.2) is 58.1 Å². The van der Waals surface area contributed by atoms with Crippen LogP contribution in [0.25, 0.3) is 5.57 Å². The third-order valence-corrected chi connectivity index (χ3v) is 5.20. The Morgan fingerprint density at radius 3 is 2.78 bits per heavy atom. The van der Waals surface area contributed by atoms with Gasteiger partial charge in [0.1, 0.15) is 27.8 Å². The number of fused-ring (bicyclic) bond motifs is 1. The van der Waals surface area contributed by atoms with Crippen molar-refractivity contribution in [2.45, 2.75) is 26.4 Å². The van der Waals surface area contributed by atoms with E-state index in [4.69, 9.17) is 8.94 Å². The minimum Gasteiger partial charge on any atom is -0.508 e. The van der Waals surface area contributed by atoms with Gasteiger partial charge in [-0.25, -0.2) is 0 Å². The van der Waals surface area contributed by atoms with Crippen molar-refractivity contribution in [3.05, 3.63) is 87.6 Å². The van der Waals surface area contributed by atoms with Crippen molar-refractivity contribution in [3.63, 3.8) is 0 Å². The molecule has 0 saturated heterocycles. The smallest absolute Gasteiger partial charge is 0.433 e. The molecule has 3 aromatic rings. The number of carbonyl (C=O) groups excluding carboxylic acids is 1. The number of anilines is 1. The van der Waals surface area contributed by atoms with E-state index < -0.39 is 16.9 Å². The molecule has 0 saturated carbocycles. The highest BCUT2D eigenvalue weighted by molar-refractivity contribution is 6.26. The largest absolute Gasteiger partial charge is 0.508 e. The number of benzene rings is 1. The Bertz CT molecular complexity index is 1240. The van der Waals surface area contributed by atoms with Gasteiger partial charge >= 0.3 is 5.88 Å². The fourth-order valence-electron chi connectivity index (χ4n) is 3.69. The number of furan rings is 1. The first kappa shape index (κ1) is 20.9. The Kier molecular flexibility index (Phi) is 5.27. The second-order valence-electron chi connectivity index (χ2n) is 7.32. The van der Waals surface area contributed by atoms with Crippen molar-refractivity contribution >= 4 is 23.1 Å². The van der Waals surface area contributed by atoms with Crippen molar-refractivity contribution < 1.29 is 23.8 Å². The van der Waals surface area contributed by atoms with Gasteiger partial charge in [-0.3, -0.25) is 14.9 Å². The molecule has 164 valence electrons. The number of hydrogen-bond donors (Lipinski definition) is 2. The minimum absolute atomic E-state index is 0.0385. The third kappa shape index (κ3) is 3.73. The lowest BCUT2D eigenvalue weighted by Crippen LogP contribution is -2.29. The van der Waals surface area contributed by atoms with Crippen LogP contribution < -0.4 is 5.32 Å². The molecule has 2 N–H and O–H groups in total. The fourth-order valence-corrected chi connectivity index (χ4v) is 3.69. The Labute approximate surface area is 182 Å². The van der Waals surface area contributed by atoms with E-state index in [-0.39, 0.29) is 18.2 Å². The molecule has 1 unspecified atom stereocenters. The van der Waals surface area contributed by atoms with Crippen LogP contribution >= 0.6 is 0 Å². The van der Waals surface area contributed by atoms with Gasteiger partial charge in [-0.15, -0.1) is 6.58 Å². The Morgan fingerprint density at radius 1 is 1.38 bits per heavy atom. The zero-order valence-corrected chi connectivity index (χ0v) is 17.4. The van der Waals surface area contributed by atoms with Crippen LogP contribution in [0.1, 0.15) is 34.4 Å². The van der Waals surface area contributed by atoms with Gasteiger partial charge in [0.2, 0.25) is 0 Å². The second-order valence-corrected chi connectivity index (χ2v) is 7.32. The Morgan fingerprint density at radius 2 is 2.16 bits per heavy atom. The first-order chi connectivity index (χ1) is 15.3. The Hall–Kier alpha value is -4.34. The normalized spacial score (nSPS) is 15.1. The molecule has 0 spiro atoms. The number of nitrogens with one attached hydrogen (secondary N) is 1. The fraction of sp³-hybridized carbons (Fsp3) is 0.182. The monoisotopic (exact) mass is 436 g/mol. The van der Waals surface area contributed by atoms with Gasteiger partial charge < -0.3 is 24.3 Å². The van der Waals surface area contributed by atoms with E-state index in [0.717, 1.165) is 0 Å². The van der Waals surface area contributed by atoms with Crippen LogP contribution in [0.3, 0.4) is 0 Å². The van der Waals surface area contributed by atoms with Gasteiger partial charge in [0.15, 0.2) is 5.76 Å². The van der Waals surface area contributed by atoms with E-state index >= 15 is 0 Å². The summed E-state index contributed by atoms with van der Waals surface area (Å²) in [4.78, 5) is 25.3. The number of rotatable bonds is 6. The Balaban J connectivity index is 1.74. The summed E-state index contributed by atoms with van der Waals surface area (Å²) in [5, 5.41) is 27.7. The highest BCUT2D eigenvalue weighted by Crippen LogP contribution is 2.39. The number of amides is 1. The summed E-state index contributed by atoms with van der Waals surface area (Å²) >= 11 is 0. The molecule has 32 heavy (non-hydrogen) atoms. The molecule has 1 amide bonds. The molecule has 1 aliphatic heterocycles. The molecule has 1 atom stereocenters. The van der Waals surface area contributed by atoms with Crippen molar-refractivity contribution in [2.24, 2.45) is 0 Å². The molecule has 0 aliphatic carbocycles. The molecule has 1 aromatic carbocycles. The summed E-state index contributed by atoms with van der Waals surface area (Å²) in [6.07, 6.45) is 3.31. The van der Waals surface area contributed by atoms with E-state index in [0.29, 0.717) is 39.6 Å². The van der Waals surface area contributed by atoms with E-state index in [9.17, 15) is 20.0 Å². The van der Waals surface area contributed by atoms with Gasteiger partial charge in [-0.1, -0.05) is 17.3 Å².